The number of benzene rings is 1. The quantitative estimate of drug-likeness (QED) is 0.634. The zero-order valence-corrected chi connectivity index (χ0v) is 10.3. The van der Waals surface area contributed by atoms with Crippen LogP contribution < -0.4 is 5.84 Å². The molecule has 0 aliphatic carbocycles. The van der Waals surface area contributed by atoms with Gasteiger partial charge in [0.1, 0.15) is 0 Å². The van der Waals surface area contributed by atoms with Gasteiger partial charge < -0.3 is 15.3 Å². The van der Waals surface area contributed by atoms with Gasteiger partial charge in [0.2, 0.25) is 0 Å². The minimum atomic E-state index is 0.606. The fraction of sp³-hybridized carbons (Fsp3) is 0.385. The predicted molar refractivity (Wildman–Crippen MR) is 68.4 cm³/mol. The maximum Gasteiger partial charge on any atom is 0.0718 e. The number of hydrogen-bond acceptors (Lipinski definition) is 3. The lowest BCUT2D eigenvalue weighted by Gasteiger charge is -2.04. The normalized spacial score (nSPS) is 11.2. The number of fused-ring (bicyclic) bond motifs is 1. The molecule has 0 bridgehead atoms. The number of aryl methyl sites for hydroxylation is 1. The Morgan fingerprint density at radius 3 is 2.88 bits per heavy atom. The van der Waals surface area contributed by atoms with Crippen LogP contribution in [-0.2, 0) is 16.1 Å². The van der Waals surface area contributed by atoms with Gasteiger partial charge in [0.05, 0.1) is 25.3 Å². The van der Waals surface area contributed by atoms with Gasteiger partial charge in [-0.05, 0) is 30.2 Å². The van der Waals surface area contributed by atoms with Crippen molar-refractivity contribution in [3.63, 3.8) is 0 Å². The van der Waals surface area contributed by atoms with E-state index in [9.17, 15) is 0 Å². The number of nitrogens with zero attached hydrogens (tertiary/aromatic N) is 1. The summed E-state index contributed by atoms with van der Waals surface area (Å²) in [6.45, 7) is 3.90. The molecule has 1 aromatic heterocycles. The molecule has 2 aromatic rings. The second-order valence-electron chi connectivity index (χ2n) is 4.12. The summed E-state index contributed by atoms with van der Waals surface area (Å²) >= 11 is 0. The van der Waals surface area contributed by atoms with Crippen LogP contribution >= 0.6 is 0 Å². The van der Waals surface area contributed by atoms with E-state index in [1.165, 1.54) is 10.9 Å². The molecule has 92 valence electrons. The largest absolute Gasteiger partial charge is 0.382 e. The first-order chi connectivity index (χ1) is 8.22. The Kier molecular flexibility index (Phi) is 3.66. The predicted octanol–water partition coefficient (Wildman–Crippen LogP) is 1.83. The van der Waals surface area contributed by atoms with Crippen molar-refractivity contribution in [2.75, 3.05) is 26.2 Å². The second-order valence-corrected chi connectivity index (χ2v) is 4.12. The Morgan fingerprint density at radius 2 is 2.12 bits per heavy atom. The van der Waals surface area contributed by atoms with E-state index in [4.69, 9.17) is 15.3 Å². The Balaban J connectivity index is 2.11. The van der Waals surface area contributed by atoms with Crippen LogP contribution in [0.2, 0.25) is 0 Å². The van der Waals surface area contributed by atoms with Gasteiger partial charge in [0.25, 0.3) is 0 Å². The third kappa shape index (κ3) is 2.60. The summed E-state index contributed by atoms with van der Waals surface area (Å²) in [6, 6.07) is 6.19. The van der Waals surface area contributed by atoms with E-state index in [0.717, 1.165) is 11.1 Å². The summed E-state index contributed by atoms with van der Waals surface area (Å²) < 4.78 is 12.1. The van der Waals surface area contributed by atoms with Gasteiger partial charge in [-0.3, -0.25) is 4.68 Å². The summed E-state index contributed by atoms with van der Waals surface area (Å²) in [5.41, 5.74) is 3.38. The van der Waals surface area contributed by atoms with Gasteiger partial charge in [0.15, 0.2) is 0 Å². The molecule has 2 N–H and O–H groups in total. The van der Waals surface area contributed by atoms with Crippen LogP contribution in [-0.4, -0.2) is 25.0 Å². The van der Waals surface area contributed by atoms with E-state index in [2.05, 4.69) is 13.0 Å². The molecule has 0 aliphatic heterocycles. The number of ether oxygens (including phenoxy) is 2. The van der Waals surface area contributed by atoms with E-state index < -0.39 is 0 Å². The monoisotopic (exact) mass is 234 g/mol. The van der Waals surface area contributed by atoms with Crippen molar-refractivity contribution in [2.45, 2.75) is 13.5 Å². The fourth-order valence-electron chi connectivity index (χ4n) is 1.89. The first-order valence-corrected chi connectivity index (χ1v) is 5.64. The van der Waals surface area contributed by atoms with Crippen molar-refractivity contribution in [3.8, 4) is 0 Å². The third-order valence-corrected chi connectivity index (χ3v) is 2.80. The van der Waals surface area contributed by atoms with Gasteiger partial charge in [-0.2, -0.15) is 0 Å². The van der Waals surface area contributed by atoms with Crippen molar-refractivity contribution < 1.29 is 9.47 Å². The van der Waals surface area contributed by atoms with E-state index >= 15 is 0 Å². The number of aromatic nitrogens is 1. The minimum absolute atomic E-state index is 0.606. The van der Waals surface area contributed by atoms with Gasteiger partial charge in [0, 0.05) is 18.7 Å². The Hall–Kier alpha value is -1.52. The lowest BCUT2D eigenvalue weighted by atomic mass is 10.1. The molecule has 0 spiro atoms. The van der Waals surface area contributed by atoms with E-state index in [1.807, 2.05) is 18.3 Å². The summed E-state index contributed by atoms with van der Waals surface area (Å²) in [4.78, 5) is 0. The average molecular weight is 234 g/mol. The van der Waals surface area contributed by atoms with Crippen LogP contribution in [0.5, 0.6) is 0 Å². The minimum Gasteiger partial charge on any atom is -0.382 e. The van der Waals surface area contributed by atoms with Crippen LogP contribution in [0.15, 0.2) is 24.4 Å². The van der Waals surface area contributed by atoms with Crippen LogP contribution in [0.4, 0.5) is 0 Å². The number of nitrogens with two attached hydrogens (primary N) is 1. The topological polar surface area (TPSA) is 49.4 Å². The van der Waals surface area contributed by atoms with Gasteiger partial charge >= 0.3 is 0 Å². The standard InChI is InChI=1S/C13H18N2O2/c1-10-8-15(14)13-4-3-11(7-12(10)13)9-17-6-5-16-2/h3-4,7-8H,5-6,9,14H2,1-2H3. The highest BCUT2D eigenvalue weighted by atomic mass is 16.5. The SMILES string of the molecule is COCCOCc1ccc2c(c1)c(C)cn2N. The molecule has 0 radical (unpaired) electrons. The number of methoxy groups -OCH3 is 1. The zero-order chi connectivity index (χ0) is 12.3. The smallest absolute Gasteiger partial charge is 0.0718 e. The molecule has 0 saturated carbocycles. The molecule has 0 unspecified atom stereocenters. The molecule has 4 heteroatoms. The Bertz CT molecular complexity index is 505. The molecule has 0 saturated heterocycles. The molecule has 0 fully saturated rings. The molecule has 0 amide bonds. The summed E-state index contributed by atoms with van der Waals surface area (Å²) in [5.74, 6) is 5.84. The molecule has 17 heavy (non-hydrogen) atoms. The lowest BCUT2D eigenvalue weighted by Crippen LogP contribution is -2.05. The van der Waals surface area contributed by atoms with Crippen molar-refractivity contribution in [1.82, 2.24) is 4.68 Å². The van der Waals surface area contributed by atoms with Crippen molar-refractivity contribution in [1.29, 1.82) is 0 Å². The molecule has 1 aromatic carbocycles. The van der Waals surface area contributed by atoms with E-state index in [1.54, 1.807) is 11.8 Å². The molecule has 1 heterocycles. The number of hydrogen-bond donors (Lipinski definition) is 1. The summed E-state index contributed by atoms with van der Waals surface area (Å²) in [7, 11) is 1.67. The molecular weight excluding hydrogens is 216 g/mol. The average Bonchev–Trinajstić information content (AvgIpc) is 2.61. The summed E-state index contributed by atoms with van der Waals surface area (Å²) in [6.07, 6.45) is 1.93. The lowest BCUT2D eigenvalue weighted by molar-refractivity contribution is 0.0617. The third-order valence-electron chi connectivity index (χ3n) is 2.80. The van der Waals surface area contributed by atoms with Crippen LogP contribution in [0.3, 0.4) is 0 Å². The molecule has 0 aliphatic rings. The summed E-state index contributed by atoms with van der Waals surface area (Å²) in [5, 5.41) is 1.18. The van der Waals surface area contributed by atoms with Crippen molar-refractivity contribution in [3.05, 3.63) is 35.5 Å². The number of rotatable bonds is 5. The first kappa shape index (κ1) is 12.0. The Morgan fingerprint density at radius 1 is 1.29 bits per heavy atom. The fourth-order valence-corrected chi connectivity index (χ4v) is 1.89. The molecular formula is C13H18N2O2. The maximum atomic E-state index is 5.84. The van der Waals surface area contributed by atoms with E-state index in [-0.39, 0.29) is 0 Å². The van der Waals surface area contributed by atoms with Crippen molar-refractivity contribution >= 4 is 10.9 Å². The first-order valence-electron chi connectivity index (χ1n) is 5.64. The highest BCUT2D eigenvalue weighted by Crippen LogP contribution is 2.20. The molecule has 4 nitrogen and oxygen atoms in total. The van der Waals surface area contributed by atoms with Gasteiger partial charge in [-0.1, -0.05) is 6.07 Å². The van der Waals surface area contributed by atoms with Gasteiger partial charge in [-0.25, -0.2) is 0 Å². The van der Waals surface area contributed by atoms with Crippen LogP contribution in [0.25, 0.3) is 10.9 Å². The Labute approximate surface area is 101 Å². The van der Waals surface area contributed by atoms with Crippen LogP contribution in [0.1, 0.15) is 11.1 Å². The number of nitrogen functional groups attached to an aromatic ring is 1. The van der Waals surface area contributed by atoms with Gasteiger partial charge in [-0.15, -0.1) is 0 Å². The van der Waals surface area contributed by atoms with Crippen molar-refractivity contribution in [2.24, 2.45) is 0 Å². The maximum absolute atomic E-state index is 5.84. The zero-order valence-electron chi connectivity index (χ0n) is 10.3. The van der Waals surface area contributed by atoms with Crippen LogP contribution in [0, 0.1) is 6.92 Å². The molecule has 2 rings (SSSR count). The second kappa shape index (κ2) is 5.21. The molecule has 0 atom stereocenters. The highest BCUT2D eigenvalue weighted by Gasteiger charge is 2.04. The highest BCUT2D eigenvalue weighted by molar-refractivity contribution is 5.84. The van der Waals surface area contributed by atoms with E-state index in [0.29, 0.717) is 19.8 Å².